The molecule has 0 fully saturated rings. The van der Waals surface area contributed by atoms with Crippen molar-refractivity contribution < 1.29 is 19.0 Å². The molecular formula is C37H40N4O5. The van der Waals surface area contributed by atoms with Crippen LogP contribution in [0, 0.1) is 20.8 Å². The van der Waals surface area contributed by atoms with E-state index >= 15 is 0 Å². The fourth-order valence-corrected chi connectivity index (χ4v) is 5.60. The van der Waals surface area contributed by atoms with Crippen molar-refractivity contribution in [2.75, 3.05) is 13.7 Å². The molecule has 9 nitrogen and oxygen atoms in total. The van der Waals surface area contributed by atoms with E-state index in [2.05, 4.69) is 24.5 Å². The molecule has 0 aliphatic rings. The number of para-hydroxylation sites is 1. The Morgan fingerprint density at radius 3 is 2.39 bits per heavy atom. The zero-order valence-electron chi connectivity index (χ0n) is 27.6. The monoisotopic (exact) mass is 620 g/mol. The molecule has 3 aromatic carbocycles. The first-order valence-corrected chi connectivity index (χ1v) is 15.4. The molecule has 2 aromatic heterocycles. The molecule has 0 spiro atoms. The summed E-state index contributed by atoms with van der Waals surface area (Å²) in [6.45, 7) is 14.4. The largest absolute Gasteiger partial charge is 0.494 e. The third kappa shape index (κ3) is 6.31. The zero-order chi connectivity index (χ0) is 33.1. The van der Waals surface area contributed by atoms with Gasteiger partial charge in [0.1, 0.15) is 11.5 Å². The van der Waals surface area contributed by atoms with Gasteiger partial charge in [-0.3, -0.25) is 4.79 Å². The van der Waals surface area contributed by atoms with Crippen LogP contribution in [-0.2, 0) is 9.53 Å². The Labute approximate surface area is 269 Å². The lowest BCUT2D eigenvalue weighted by atomic mass is 9.96. The SMILES string of the molecule is CCOc1cc(C)c(-c2nc3ccccc3c(=O)n2N=Cc2cc(C)n(-c3ccc(O[C@@H](C)C(=O)OC)cc3)c2C)cc1C(C)C. The summed E-state index contributed by atoms with van der Waals surface area (Å²) in [5.74, 6) is 1.63. The number of hydrogen-bond donors (Lipinski definition) is 0. The van der Waals surface area contributed by atoms with Crippen LogP contribution in [0.1, 0.15) is 61.7 Å². The van der Waals surface area contributed by atoms with E-state index in [0.29, 0.717) is 29.1 Å². The number of aromatic nitrogens is 3. The average molecular weight is 621 g/mol. The van der Waals surface area contributed by atoms with Gasteiger partial charge in [-0.05, 0) is 106 Å². The molecule has 1 atom stereocenters. The molecule has 238 valence electrons. The van der Waals surface area contributed by atoms with Crippen LogP contribution < -0.4 is 15.0 Å². The van der Waals surface area contributed by atoms with E-state index in [9.17, 15) is 9.59 Å². The Morgan fingerprint density at radius 1 is 1.00 bits per heavy atom. The molecule has 0 N–H and O–H groups in total. The minimum atomic E-state index is -0.713. The Hall–Kier alpha value is -5.18. The van der Waals surface area contributed by atoms with E-state index in [4.69, 9.17) is 24.3 Å². The van der Waals surface area contributed by atoms with Gasteiger partial charge < -0.3 is 18.8 Å². The second kappa shape index (κ2) is 13.4. The lowest BCUT2D eigenvalue weighted by Gasteiger charge is -2.18. The zero-order valence-corrected chi connectivity index (χ0v) is 27.6. The van der Waals surface area contributed by atoms with E-state index in [0.717, 1.165) is 45.1 Å². The summed E-state index contributed by atoms with van der Waals surface area (Å²) in [7, 11) is 1.33. The molecule has 0 saturated carbocycles. The van der Waals surface area contributed by atoms with Gasteiger partial charge in [0.05, 0.1) is 30.8 Å². The molecule has 2 heterocycles. The predicted molar refractivity (Wildman–Crippen MR) is 182 cm³/mol. The lowest BCUT2D eigenvalue weighted by molar-refractivity contribution is -0.147. The number of ether oxygens (including phenoxy) is 3. The number of hydrogen-bond acceptors (Lipinski definition) is 7. The number of nitrogens with zero attached hydrogens (tertiary/aromatic N) is 4. The molecule has 9 heteroatoms. The second-order valence-corrected chi connectivity index (χ2v) is 11.5. The van der Waals surface area contributed by atoms with Crippen LogP contribution in [0.15, 0.2) is 76.6 Å². The van der Waals surface area contributed by atoms with Crippen molar-refractivity contribution in [2.24, 2.45) is 5.10 Å². The smallest absolute Gasteiger partial charge is 0.346 e. The summed E-state index contributed by atoms with van der Waals surface area (Å²) >= 11 is 0. The molecular weight excluding hydrogens is 580 g/mol. The number of benzene rings is 3. The molecule has 0 amide bonds. The number of esters is 1. The third-order valence-corrected chi connectivity index (χ3v) is 8.00. The number of rotatable bonds is 10. The quantitative estimate of drug-likeness (QED) is 0.122. The van der Waals surface area contributed by atoms with Crippen molar-refractivity contribution in [1.29, 1.82) is 0 Å². The van der Waals surface area contributed by atoms with Gasteiger partial charge in [-0.15, -0.1) is 0 Å². The van der Waals surface area contributed by atoms with E-state index in [1.54, 1.807) is 19.2 Å². The molecule has 0 unspecified atom stereocenters. The third-order valence-electron chi connectivity index (χ3n) is 8.00. The minimum absolute atomic E-state index is 0.201. The number of fused-ring (bicyclic) bond motifs is 1. The van der Waals surface area contributed by atoms with E-state index < -0.39 is 12.1 Å². The first-order valence-electron chi connectivity index (χ1n) is 15.4. The molecule has 0 saturated heterocycles. The highest BCUT2D eigenvalue weighted by Crippen LogP contribution is 2.34. The summed E-state index contributed by atoms with van der Waals surface area (Å²) in [5, 5.41) is 5.26. The summed E-state index contributed by atoms with van der Waals surface area (Å²) in [6, 6.07) is 20.9. The van der Waals surface area contributed by atoms with Crippen LogP contribution in [0.4, 0.5) is 0 Å². The van der Waals surface area contributed by atoms with Crippen molar-refractivity contribution in [1.82, 2.24) is 14.2 Å². The molecule has 5 rings (SSSR count). The first-order chi connectivity index (χ1) is 22.0. The van der Waals surface area contributed by atoms with Gasteiger partial charge in [-0.1, -0.05) is 26.0 Å². The average Bonchev–Trinajstić information content (AvgIpc) is 3.32. The van der Waals surface area contributed by atoms with Crippen molar-refractivity contribution in [3.05, 3.63) is 105 Å². The van der Waals surface area contributed by atoms with Crippen LogP contribution >= 0.6 is 0 Å². The maximum Gasteiger partial charge on any atom is 0.346 e. The Bertz CT molecular complexity index is 1990. The van der Waals surface area contributed by atoms with Crippen molar-refractivity contribution in [3.63, 3.8) is 0 Å². The van der Waals surface area contributed by atoms with E-state index in [-0.39, 0.29) is 11.5 Å². The molecule has 0 bridgehead atoms. The standard InChI is InChI=1S/C37H40N4O5/c1-9-45-34-18-23(4)32(20-31(34)22(2)3)35-39-33-13-11-10-12-30(33)36(42)41(35)38-21-27-19-24(5)40(25(27)6)28-14-16-29(17-15-28)46-26(7)37(43)44-8/h10-22,26H,9H2,1-8H3/t26-/m0/s1. The fraction of sp³-hybridized carbons (Fsp3) is 0.297. The van der Waals surface area contributed by atoms with Gasteiger partial charge in [0.2, 0.25) is 0 Å². The van der Waals surface area contributed by atoms with Crippen LogP contribution in [0.3, 0.4) is 0 Å². The predicted octanol–water partition coefficient (Wildman–Crippen LogP) is 7.12. The Balaban J connectivity index is 1.58. The highest BCUT2D eigenvalue weighted by molar-refractivity contribution is 5.84. The van der Waals surface area contributed by atoms with Crippen molar-refractivity contribution in [2.45, 2.75) is 60.5 Å². The van der Waals surface area contributed by atoms with Gasteiger partial charge in [0, 0.05) is 28.2 Å². The fourth-order valence-electron chi connectivity index (χ4n) is 5.60. The second-order valence-electron chi connectivity index (χ2n) is 11.5. The number of carbonyl (C=O) groups excluding carboxylic acids is 1. The summed E-state index contributed by atoms with van der Waals surface area (Å²) in [6.07, 6.45) is 0.998. The van der Waals surface area contributed by atoms with E-state index in [1.165, 1.54) is 11.8 Å². The van der Waals surface area contributed by atoms with Gasteiger partial charge in [-0.25, -0.2) is 9.78 Å². The minimum Gasteiger partial charge on any atom is -0.494 e. The summed E-state index contributed by atoms with van der Waals surface area (Å²) in [5.41, 5.74) is 6.87. The number of carbonyl (C=O) groups is 1. The Morgan fingerprint density at radius 2 is 1.72 bits per heavy atom. The van der Waals surface area contributed by atoms with Crippen LogP contribution in [-0.4, -0.2) is 46.2 Å². The van der Waals surface area contributed by atoms with Crippen molar-refractivity contribution in [3.8, 4) is 28.6 Å². The van der Waals surface area contributed by atoms with Crippen LogP contribution in [0.2, 0.25) is 0 Å². The highest BCUT2D eigenvalue weighted by Gasteiger charge is 2.19. The first kappa shape index (κ1) is 32.2. The van der Waals surface area contributed by atoms with Crippen LogP contribution in [0.5, 0.6) is 11.5 Å². The maximum atomic E-state index is 13.9. The summed E-state index contributed by atoms with van der Waals surface area (Å²) in [4.78, 5) is 30.6. The topological polar surface area (TPSA) is 96.9 Å². The molecule has 46 heavy (non-hydrogen) atoms. The summed E-state index contributed by atoms with van der Waals surface area (Å²) < 4.78 is 19.9. The lowest BCUT2D eigenvalue weighted by Crippen LogP contribution is -2.24. The Kier molecular flexibility index (Phi) is 9.41. The van der Waals surface area contributed by atoms with E-state index in [1.807, 2.05) is 82.3 Å². The van der Waals surface area contributed by atoms with Gasteiger partial charge in [0.25, 0.3) is 5.56 Å². The molecule has 0 aliphatic carbocycles. The molecule has 0 radical (unpaired) electrons. The molecule has 5 aromatic rings. The number of methoxy groups -OCH3 is 1. The van der Waals surface area contributed by atoms with Gasteiger partial charge in [-0.2, -0.15) is 9.78 Å². The highest BCUT2D eigenvalue weighted by atomic mass is 16.6. The van der Waals surface area contributed by atoms with Crippen molar-refractivity contribution >= 4 is 23.1 Å². The van der Waals surface area contributed by atoms with Gasteiger partial charge >= 0.3 is 5.97 Å². The molecule has 0 aliphatic heterocycles. The van der Waals surface area contributed by atoms with Crippen LogP contribution in [0.25, 0.3) is 28.0 Å². The maximum absolute atomic E-state index is 13.9. The van der Waals surface area contributed by atoms with Gasteiger partial charge in [0.15, 0.2) is 11.9 Å². The normalized spacial score (nSPS) is 12.2. The number of aryl methyl sites for hydroxylation is 2.